The second kappa shape index (κ2) is 4.63. The lowest BCUT2D eigenvalue weighted by Crippen LogP contribution is -2.35. The predicted molar refractivity (Wildman–Crippen MR) is 60.7 cm³/mol. The van der Waals surface area contributed by atoms with Gasteiger partial charge in [0.05, 0.1) is 6.61 Å². The number of nitrogens with one attached hydrogen (secondary N) is 1. The van der Waals surface area contributed by atoms with Crippen LogP contribution in [0.3, 0.4) is 0 Å². The maximum Gasteiger partial charge on any atom is 0.323 e. The number of carbonyl (C=O) groups is 1. The van der Waals surface area contributed by atoms with Crippen LogP contribution in [-0.2, 0) is 9.53 Å². The van der Waals surface area contributed by atoms with Crippen LogP contribution in [0.15, 0.2) is 18.2 Å². The molecule has 0 aromatic heterocycles. The summed E-state index contributed by atoms with van der Waals surface area (Å²) in [7, 11) is 0. The molecule has 0 bridgehead atoms. The fourth-order valence-electron chi connectivity index (χ4n) is 1.93. The molecule has 0 aliphatic carbocycles. The Morgan fingerprint density at radius 2 is 2.24 bits per heavy atom. The number of hydrogen-bond acceptors (Lipinski definition) is 5. The smallest absolute Gasteiger partial charge is 0.323 e. The molecule has 1 saturated heterocycles. The molecule has 1 heterocycles. The first-order chi connectivity index (χ1) is 8.08. The Morgan fingerprint density at radius 1 is 1.47 bits per heavy atom. The zero-order valence-electron chi connectivity index (χ0n) is 9.51. The molecule has 1 aliphatic heterocycles. The average Bonchev–Trinajstić information content (AvgIpc) is 2.68. The van der Waals surface area contributed by atoms with Crippen molar-refractivity contribution in [3.05, 3.63) is 23.8 Å². The van der Waals surface area contributed by atoms with Crippen LogP contribution in [0.2, 0.25) is 0 Å². The van der Waals surface area contributed by atoms with Crippen molar-refractivity contribution < 1.29 is 19.7 Å². The van der Waals surface area contributed by atoms with Crippen molar-refractivity contribution in [3.8, 4) is 11.5 Å². The van der Waals surface area contributed by atoms with Crippen LogP contribution in [0, 0.1) is 0 Å². The van der Waals surface area contributed by atoms with Gasteiger partial charge in [0.25, 0.3) is 0 Å². The highest BCUT2D eigenvalue weighted by molar-refractivity contribution is 5.77. The van der Waals surface area contributed by atoms with E-state index in [9.17, 15) is 15.0 Å². The summed E-state index contributed by atoms with van der Waals surface area (Å²) in [6, 6.07) is 3.74. The second-order valence-corrected chi connectivity index (χ2v) is 4.14. The molecule has 0 radical (unpaired) electrons. The first kappa shape index (κ1) is 11.7. The van der Waals surface area contributed by atoms with Crippen LogP contribution in [0.4, 0.5) is 0 Å². The number of aromatic hydroxyl groups is 2. The molecule has 2 rings (SSSR count). The maximum atomic E-state index is 11.3. The average molecular weight is 237 g/mol. The van der Waals surface area contributed by atoms with E-state index in [-0.39, 0.29) is 29.6 Å². The summed E-state index contributed by atoms with van der Waals surface area (Å²) in [6.45, 7) is 2.25. The van der Waals surface area contributed by atoms with Gasteiger partial charge in [-0.2, -0.15) is 0 Å². The van der Waals surface area contributed by atoms with E-state index >= 15 is 0 Å². The van der Waals surface area contributed by atoms with Crippen LogP contribution in [0.1, 0.15) is 24.9 Å². The molecule has 0 saturated carbocycles. The van der Waals surface area contributed by atoms with Gasteiger partial charge in [-0.25, -0.2) is 0 Å². The highest BCUT2D eigenvalue weighted by Crippen LogP contribution is 2.28. The molecule has 17 heavy (non-hydrogen) atoms. The first-order valence-electron chi connectivity index (χ1n) is 5.52. The first-order valence-corrected chi connectivity index (χ1v) is 5.52. The Bertz CT molecular complexity index is 433. The Labute approximate surface area is 99.0 Å². The summed E-state index contributed by atoms with van der Waals surface area (Å²) in [6.07, 6.45) is 0.628. The van der Waals surface area contributed by atoms with Gasteiger partial charge >= 0.3 is 5.97 Å². The van der Waals surface area contributed by atoms with Crippen molar-refractivity contribution in [1.29, 1.82) is 0 Å². The van der Waals surface area contributed by atoms with Crippen LogP contribution in [0.25, 0.3) is 0 Å². The van der Waals surface area contributed by atoms with Crippen LogP contribution in [-0.4, -0.2) is 28.8 Å². The fraction of sp³-hybridized carbons (Fsp3) is 0.417. The molecule has 1 aromatic carbocycles. The Kier molecular flexibility index (Phi) is 3.19. The van der Waals surface area contributed by atoms with Crippen molar-refractivity contribution in [1.82, 2.24) is 5.32 Å². The fourth-order valence-corrected chi connectivity index (χ4v) is 1.93. The van der Waals surface area contributed by atoms with Gasteiger partial charge in [-0.05, 0) is 25.1 Å². The largest absolute Gasteiger partial charge is 0.508 e. The van der Waals surface area contributed by atoms with E-state index in [2.05, 4.69) is 5.32 Å². The third-order valence-electron chi connectivity index (χ3n) is 2.86. The number of phenols is 2. The number of esters is 1. The monoisotopic (exact) mass is 237 g/mol. The normalized spacial score (nSPS) is 21.2. The molecule has 1 aliphatic rings. The molecular formula is C12H15NO4. The molecule has 0 spiro atoms. The predicted octanol–water partition coefficient (Wildman–Crippen LogP) is 1.06. The summed E-state index contributed by atoms with van der Waals surface area (Å²) < 4.78 is 4.84. The number of benzene rings is 1. The minimum Gasteiger partial charge on any atom is -0.508 e. The van der Waals surface area contributed by atoms with Gasteiger partial charge in [-0.15, -0.1) is 0 Å². The maximum absolute atomic E-state index is 11.3. The third-order valence-corrected chi connectivity index (χ3v) is 2.86. The van der Waals surface area contributed by atoms with Gasteiger partial charge in [-0.3, -0.25) is 10.1 Å². The lowest BCUT2D eigenvalue weighted by atomic mass is 10.1. The van der Waals surface area contributed by atoms with Gasteiger partial charge in [-0.1, -0.05) is 0 Å². The van der Waals surface area contributed by atoms with E-state index in [0.29, 0.717) is 18.6 Å². The Balaban J connectivity index is 2.11. The van der Waals surface area contributed by atoms with Gasteiger partial charge in [0.2, 0.25) is 0 Å². The zero-order valence-corrected chi connectivity index (χ0v) is 9.51. The topological polar surface area (TPSA) is 78.8 Å². The molecule has 2 atom stereocenters. The van der Waals surface area contributed by atoms with E-state index < -0.39 is 0 Å². The van der Waals surface area contributed by atoms with Crippen molar-refractivity contribution in [2.75, 3.05) is 6.61 Å². The SMILES string of the molecule is CC(NC1CCOC1=O)c1cc(O)ccc1O. The van der Waals surface area contributed by atoms with Crippen LogP contribution >= 0.6 is 0 Å². The molecule has 0 amide bonds. The van der Waals surface area contributed by atoms with Gasteiger partial charge in [0.1, 0.15) is 17.5 Å². The summed E-state index contributed by atoms with van der Waals surface area (Å²) in [5.41, 5.74) is 0.560. The lowest BCUT2D eigenvalue weighted by Gasteiger charge is -2.18. The highest BCUT2D eigenvalue weighted by atomic mass is 16.5. The van der Waals surface area contributed by atoms with E-state index in [1.54, 1.807) is 0 Å². The number of ether oxygens (including phenoxy) is 1. The quantitative estimate of drug-likeness (QED) is 0.541. The summed E-state index contributed by atoms with van der Waals surface area (Å²) in [4.78, 5) is 11.3. The number of carbonyl (C=O) groups excluding carboxylic acids is 1. The van der Waals surface area contributed by atoms with E-state index in [4.69, 9.17) is 4.74 Å². The number of hydrogen-bond donors (Lipinski definition) is 3. The summed E-state index contributed by atoms with van der Waals surface area (Å²) >= 11 is 0. The zero-order chi connectivity index (χ0) is 12.4. The number of rotatable bonds is 3. The molecule has 92 valence electrons. The number of cyclic esters (lactones) is 1. The van der Waals surface area contributed by atoms with Gasteiger partial charge in [0.15, 0.2) is 0 Å². The van der Waals surface area contributed by atoms with Crippen LogP contribution < -0.4 is 5.32 Å². The second-order valence-electron chi connectivity index (χ2n) is 4.14. The Morgan fingerprint density at radius 3 is 2.88 bits per heavy atom. The molecule has 3 N–H and O–H groups in total. The molecular weight excluding hydrogens is 222 g/mol. The van der Waals surface area contributed by atoms with Gasteiger partial charge in [0, 0.05) is 18.0 Å². The molecule has 1 fully saturated rings. The standard InChI is InChI=1S/C12H15NO4/c1-7(13-10-4-5-17-12(10)16)9-6-8(14)2-3-11(9)15/h2-3,6-7,10,13-15H,4-5H2,1H3. The van der Waals surface area contributed by atoms with Crippen molar-refractivity contribution >= 4 is 5.97 Å². The lowest BCUT2D eigenvalue weighted by molar-refractivity contribution is -0.139. The summed E-state index contributed by atoms with van der Waals surface area (Å²) in [5, 5.41) is 22.1. The molecule has 5 heteroatoms. The molecule has 2 unspecified atom stereocenters. The van der Waals surface area contributed by atoms with E-state index in [1.165, 1.54) is 18.2 Å². The number of phenolic OH excluding ortho intramolecular Hbond substituents is 2. The highest BCUT2D eigenvalue weighted by Gasteiger charge is 2.28. The van der Waals surface area contributed by atoms with E-state index in [0.717, 1.165) is 0 Å². The van der Waals surface area contributed by atoms with E-state index in [1.807, 2.05) is 6.92 Å². The molecule has 1 aromatic rings. The summed E-state index contributed by atoms with van der Waals surface area (Å²) in [5.74, 6) is -0.0916. The minimum absolute atomic E-state index is 0.0837. The van der Waals surface area contributed by atoms with Crippen LogP contribution in [0.5, 0.6) is 11.5 Å². The van der Waals surface area contributed by atoms with Crippen molar-refractivity contribution in [2.24, 2.45) is 0 Å². The minimum atomic E-state index is -0.341. The van der Waals surface area contributed by atoms with Gasteiger partial charge < -0.3 is 14.9 Å². The third kappa shape index (κ3) is 2.50. The van der Waals surface area contributed by atoms with Crippen molar-refractivity contribution in [2.45, 2.75) is 25.4 Å². The Hall–Kier alpha value is -1.75. The molecule has 5 nitrogen and oxygen atoms in total. The van der Waals surface area contributed by atoms with Crippen molar-refractivity contribution in [3.63, 3.8) is 0 Å².